The van der Waals surface area contributed by atoms with E-state index in [1.807, 2.05) is 54.6 Å². The number of carboxylic acids is 1. The van der Waals surface area contributed by atoms with Gasteiger partial charge in [0.05, 0.1) is 16.7 Å². The predicted molar refractivity (Wildman–Crippen MR) is 144 cm³/mol. The third kappa shape index (κ3) is 5.48. The maximum absolute atomic E-state index is 11.2. The molecule has 36 heavy (non-hydrogen) atoms. The first-order valence-corrected chi connectivity index (χ1v) is 13.7. The molecule has 3 aromatic carbocycles. The zero-order valence-electron chi connectivity index (χ0n) is 19.6. The van der Waals surface area contributed by atoms with Crippen molar-refractivity contribution in [2.24, 2.45) is 5.92 Å². The van der Waals surface area contributed by atoms with Crippen molar-refractivity contribution in [3.8, 4) is 22.3 Å². The summed E-state index contributed by atoms with van der Waals surface area (Å²) >= 11 is 6.66. The molecule has 186 valence electrons. The lowest BCUT2D eigenvalue weighted by atomic mass is 9.97. The van der Waals surface area contributed by atoms with Gasteiger partial charge in [-0.25, -0.2) is 8.42 Å². The van der Waals surface area contributed by atoms with E-state index in [0.29, 0.717) is 17.9 Å². The van der Waals surface area contributed by atoms with Crippen LogP contribution in [0.4, 0.5) is 0 Å². The van der Waals surface area contributed by atoms with E-state index in [1.54, 1.807) is 0 Å². The number of aliphatic carboxylic acids is 1. The topological polar surface area (TPSA) is 90.5 Å². The van der Waals surface area contributed by atoms with Gasteiger partial charge in [0.15, 0.2) is 0 Å². The van der Waals surface area contributed by atoms with E-state index in [2.05, 4.69) is 22.0 Å². The van der Waals surface area contributed by atoms with Crippen molar-refractivity contribution in [1.82, 2.24) is 9.88 Å². The highest BCUT2D eigenvalue weighted by Crippen LogP contribution is 2.34. The number of nitrogens with one attached hydrogen (secondary N) is 1. The Bertz CT molecular complexity index is 1460. The van der Waals surface area contributed by atoms with Gasteiger partial charge in [-0.05, 0) is 66.4 Å². The minimum absolute atomic E-state index is 0.0552. The van der Waals surface area contributed by atoms with E-state index in [-0.39, 0.29) is 11.7 Å². The number of aromatic amines is 1. The molecule has 0 spiro atoms. The van der Waals surface area contributed by atoms with Crippen LogP contribution in [-0.2, 0) is 27.8 Å². The number of benzene rings is 3. The summed E-state index contributed by atoms with van der Waals surface area (Å²) in [5, 5.41) is 11.0. The first-order chi connectivity index (χ1) is 17.4. The summed E-state index contributed by atoms with van der Waals surface area (Å²) in [7, 11) is -2.43. The predicted octanol–water partition coefficient (Wildman–Crippen LogP) is 5.56. The molecule has 6 nitrogen and oxygen atoms in total. The molecule has 0 aliphatic carbocycles. The number of halogens is 1. The second-order valence-corrected chi connectivity index (χ2v) is 10.8. The molecule has 2 N–H and O–H groups in total. The molecular weight excluding hydrogens is 496 g/mol. The Morgan fingerprint density at radius 3 is 2.17 bits per heavy atom. The summed E-state index contributed by atoms with van der Waals surface area (Å²) in [5.74, 6) is -0.866. The lowest BCUT2D eigenvalue weighted by Gasteiger charge is -2.29. The number of carbonyl (C=O) groups is 1. The molecule has 1 saturated heterocycles. The summed E-state index contributed by atoms with van der Waals surface area (Å²) in [4.78, 5) is 16.9. The van der Waals surface area contributed by atoms with Gasteiger partial charge in [-0.15, -0.1) is 0 Å². The number of thiol groups is 1. The Morgan fingerprint density at radius 1 is 0.944 bits per heavy atom. The van der Waals surface area contributed by atoms with Gasteiger partial charge in [0, 0.05) is 28.7 Å². The van der Waals surface area contributed by atoms with Crippen LogP contribution >= 0.6 is 11.6 Å². The van der Waals surface area contributed by atoms with Crippen LogP contribution in [0.1, 0.15) is 24.1 Å². The van der Waals surface area contributed by atoms with Gasteiger partial charge in [0.1, 0.15) is 10.7 Å². The first kappa shape index (κ1) is 24.6. The molecule has 1 aliphatic heterocycles. The number of piperidine rings is 1. The monoisotopic (exact) mass is 522 g/mol. The minimum Gasteiger partial charge on any atom is -0.481 e. The Balaban J connectivity index is 1.32. The fourth-order valence-corrected chi connectivity index (χ4v) is 5.68. The van der Waals surface area contributed by atoms with E-state index in [9.17, 15) is 18.3 Å². The van der Waals surface area contributed by atoms with Gasteiger partial charge in [-0.3, -0.25) is 9.69 Å². The van der Waals surface area contributed by atoms with E-state index < -0.39 is 16.7 Å². The van der Waals surface area contributed by atoms with E-state index >= 15 is 0 Å². The first-order valence-electron chi connectivity index (χ1n) is 11.9. The summed E-state index contributed by atoms with van der Waals surface area (Å²) < 4.78 is 21.9. The molecule has 0 atom stereocenters. The number of rotatable bonds is 7. The molecule has 1 aliphatic rings. The van der Waals surface area contributed by atoms with Crippen LogP contribution in [0.5, 0.6) is 0 Å². The standard InChI is InChI=1S/C28H27ClN2O4S/c29-26-15-27-23(13-24(30-27)16-31-11-9-22(10-12-31)28(32)33)14-25(26)21-7-5-20(6-8-21)19-3-1-18(2-4-19)17-36(34)35/h1-8,13-15,22,30,36H,9-12,16-17H2,(H,32,33). The Labute approximate surface area is 216 Å². The number of likely N-dealkylation sites (tertiary alicyclic amines) is 1. The molecule has 1 aromatic heterocycles. The molecule has 0 bridgehead atoms. The van der Waals surface area contributed by atoms with Crippen molar-refractivity contribution in [3.05, 3.63) is 83.0 Å². The lowest BCUT2D eigenvalue weighted by Crippen LogP contribution is -2.35. The maximum Gasteiger partial charge on any atom is 0.306 e. The van der Waals surface area contributed by atoms with Crippen LogP contribution in [0.2, 0.25) is 5.02 Å². The van der Waals surface area contributed by atoms with Crippen LogP contribution in [0.25, 0.3) is 33.2 Å². The van der Waals surface area contributed by atoms with Crippen molar-refractivity contribution in [1.29, 1.82) is 0 Å². The molecule has 0 amide bonds. The van der Waals surface area contributed by atoms with Crippen molar-refractivity contribution >= 4 is 39.2 Å². The summed E-state index contributed by atoms with van der Waals surface area (Å²) in [6.45, 7) is 2.32. The zero-order chi connectivity index (χ0) is 25.2. The van der Waals surface area contributed by atoms with Gasteiger partial charge < -0.3 is 10.1 Å². The van der Waals surface area contributed by atoms with E-state index in [1.165, 1.54) is 0 Å². The largest absolute Gasteiger partial charge is 0.481 e. The average Bonchev–Trinajstić information content (AvgIpc) is 3.25. The smallest absolute Gasteiger partial charge is 0.306 e. The van der Waals surface area contributed by atoms with Crippen molar-refractivity contribution in [3.63, 3.8) is 0 Å². The molecule has 5 rings (SSSR count). The Hall–Kier alpha value is -3.13. The van der Waals surface area contributed by atoms with Gasteiger partial charge >= 0.3 is 5.97 Å². The van der Waals surface area contributed by atoms with Crippen LogP contribution in [-0.4, -0.2) is 42.5 Å². The normalized spacial score (nSPS) is 15.1. The van der Waals surface area contributed by atoms with Gasteiger partial charge in [0.2, 0.25) is 0 Å². The zero-order valence-corrected chi connectivity index (χ0v) is 21.3. The van der Waals surface area contributed by atoms with Crippen LogP contribution in [0, 0.1) is 5.92 Å². The van der Waals surface area contributed by atoms with Crippen molar-refractivity contribution < 1.29 is 18.3 Å². The highest BCUT2D eigenvalue weighted by atomic mass is 35.5. The number of hydrogen-bond acceptors (Lipinski definition) is 4. The van der Waals surface area contributed by atoms with Crippen molar-refractivity contribution in [2.75, 3.05) is 13.1 Å². The molecule has 0 unspecified atom stereocenters. The van der Waals surface area contributed by atoms with Gasteiger partial charge in [-0.1, -0.05) is 60.1 Å². The number of aromatic nitrogens is 1. The third-order valence-corrected chi connectivity index (χ3v) is 7.83. The lowest BCUT2D eigenvalue weighted by molar-refractivity contribution is -0.143. The molecular formula is C28H27ClN2O4S. The third-order valence-electron chi connectivity index (χ3n) is 6.89. The highest BCUT2D eigenvalue weighted by molar-refractivity contribution is 7.71. The number of hydrogen-bond donors (Lipinski definition) is 3. The van der Waals surface area contributed by atoms with Crippen LogP contribution < -0.4 is 0 Å². The van der Waals surface area contributed by atoms with E-state index in [4.69, 9.17) is 11.6 Å². The fraction of sp³-hybridized carbons (Fsp3) is 0.250. The average molecular weight is 523 g/mol. The van der Waals surface area contributed by atoms with Gasteiger partial charge in [-0.2, -0.15) is 0 Å². The summed E-state index contributed by atoms with van der Waals surface area (Å²) in [6, 6.07) is 21.9. The summed E-state index contributed by atoms with van der Waals surface area (Å²) in [5.41, 5.74) is 6.90. The number of carboxylic acid groups (broad SMARTS) is 1. The SMILES string of the molecule is O=C(O)C1CCN(Cc2cc3cc(-c4ccc(-c5ccc(C[SH](=O)=O)cc5)cc4)c(Cl)cc3[nH]2)CC1. The van der Waals surface area contributed by atoms with E-state index in [0.717, 1.165) is 64.0 Å². The van der Waals surface area contributed by atoms with Crippen LogP contribution in [0.3, 0.4) is 0 Å². The Kier molecular flexibility index (Phi) is 7.14. The second kappa shape index (κ2) is 10.5. The van der Waals surface area contributed by atoms with Gasteiger partial charge in [0.25, 0.3) is 0 Å². The number of fused-ring (bicyclic) bond motifs is 1. The Morgan fingerprint density at radius 2 is 1.56 bits per heavy atom. The molecule has 0 radical (unpaired) electrons. The highest BCUT2D eigenvalue weighted by Gasteiger charge is 2.24. The summed E-state index contributed by atoms with van der Waals surface area (Å²) in [6.07, 6.45) is 1.38. The molecule has 8 heteroatoms. The maximum atomic E-state index is 11.2. The fourth-order valence-electron chi connectivity index (χ4n) is 4.89. The molecule has 2 heterocycles. The van der Waals surface area contributed by atoms with Crippen molar-refractivity contribution in [2.45, 2.75) is 25.1 Å². The second-order valence-electron chi connectivity index (χ2n) is 9.37. The molecule has 4 aromatic rings. The number of H-pyrrole nitrogens is 1. The number of nitrogens with zero attached hydrogens (tertiary/aromatic N) is 1. The molecule has 0 saturated carbocycles. The minimum atomic E-state index is -2.43. The molecule has 1 fully saturated rings. The quantitative estimate of drug-likeness (QED) is 0.276. The van der Waals surface area contributed by atoms with Crippen LogP contribution in [0.15, 0.2) is 66.7 Å².